The number of hydrogen-bond acceptors (Lipinski definition) is 5. The molecule has 1 saturated heterocycles. The van der Waals surface area contributed by atoms with Gasteiger partial charge in [0.05, 0.1) is 9.82 Å². The van der Waals surface area contributed by atoms with Crippen LogP contribution < -0.4 is 10.0 Å². The van der Waals surface area contributed by atoms with E-state index in [-0.39, 0.29) is 22.7 Å². The summed E-state index contributed by atoms with van der Waals surface area (Å²) in [5.41, 5.74) is 0.780. The van der Waals surface area contributed by atoms with Gasteiger partial charge in [0.25, 0.3) is 5.69 Å². The maximum absolute atomic E-state index is 12.6. The van der Waals surface area contributed by atoms with Crippen LogP contribution in [0.15, 0.2) is 17.0 Å². The van der Waals surface area contributed by atoms with Crippen LogP contribution in [-0.2, 0) is 10.0 Å². The average molecular weight is 327 g/mol. The van der Waals surface area contributed by atoms with Gasteiger partial charge in [0, 0.05) is 23.7 Å². The highest BCUT2D eigenvalue weighted by Gasteiger charge is 2.29. The van der Waals surface area contributed by atoms with Gasteiger partial charge in [-0.05, 0) is 51.8 Å². The van der Waals surface area contributed by atoms with Crippen LogP contribution in [0.1, 0.15) is 30.9 Å². The Hall–Kier alpha value is -1.51. The molecule has 0 aliphatic carbocycles. The molecular weight excluding hydrogens is 306 g/mol. The quantitative estimate of drug-likeness (QED) is 0.646. The summed E-state index contributed by atoms with van der Waals surface area (Å²) >= 11 is 0. The van der Waals surface area contributed by atoms with Crippen molar-refractivity contribution in [1.29, 1.82) is 0 Å². The zero-order valence-electron chi connectivity index (χ0n) is 12.9. The zero-order valence-corrected chi connectivity index (χ0v) is 13.7. The van der Waals surface area contributed by atoms with Crippen molar-refractivity contribution < 1.29 is 13.3 Å². The van der Waals surface area contributed by atoms with Crippen molar-refractivity contribution in [2.45, 2.75) is 50.6 Å². The number of nitrogens with zero attached hydrogens (tertiary/aromatic N) is 1. The summed E-state index contributed by atoms with van der Waals surface area (Å²) in [5.74, 6) is 0. The standard InChI is InChI=1S/C14H21N3O4S/c1-9-7-10(2)14(8-13(9)17(18)19)22(20,21)16-12-5-4-6-15-11(12)3/h7-8,11-12,15-16H,4-6H2,1-3H3. The third kappa shape index (κ3) is 3.45. The summed E-state index contributed by atoms with van der Waals surface area (Å²) in [4.78, 5) is 10.5. The number of hydrogen-bond donors (Lipinski definition) is 2. The Bertz CT molecular complexity index is 688. The van der Waals surface area contributed by atoms with Crippen molar-refractivity contribution in [3.63, 3.8) is 0 Å². The summed E-state index contributed by atoms with van der Waals surface area (Å²) in [7, 11) is -3.79. The topological polar surface area (TPSA) is 101 Å². The van der Waals surface area contributed by atoms with E-state index >= 15 is 0 Å². The molecule has 1 aromatic carbocycles. The molecule has 1 aromatic rings. The highest BCUT2D eigenvalue weighted by atomic mass is 32.2. The number of rotatable bonds is 4. The van der Waals surface area contributed by atoms with Crippen LogP contribution in [0.5, 0.6) is 0 Å². The van der Waals surface area contributed by atoms with Crippen LogP contribution >= 0.6 is 0 Å². The Kier molecular flexibility index (Phi) is 4.84. The average Bonchev–Trinajstić information content (AvgIpc) is 2.40. The molecule has 0 aromatic heterocycles. The Labute approximate surface area is 130 Å². The second-order valence-electron chi connectivity index (χ2n) is 5.77. The number of nitro groups is 1. The second kappa shape index (κ2) is 6.31. The molecule has 2 atom stereocenters. The first kappa shape index (κ1) is 16.9. The van der Waals surface area contributed by atoms with Gasteiger partial charge in [-0.3, -0.25) is 10.1 Å². The first-order chi connectivity index (χ1) is 10.2. The third-order valence-electron chi connectivity index (χ3n) is 4.05. The molecular formula is C14H21N3O4S. The fourth-order valence-corrected chi connectivity index (χ4v) is 4.37. The number of sulfonamides is 1. The maximum atomic E-state index is 12.6. The van der Waals surface area contributed by atoms with Crippen molar-refractivity contribution in [2.24, 2.45) is 0 Å². The zero-order chi connectivity index (χ0) is 16.5. The van der Waals surface area contributed by atoms with Gasteiger partial charge in [-0.25, -0.2) is 13.1 Å². The first-order valence-corrected chi connectivity index (χ1v) is 8.72. The number of nitro benzene ring substituents is 1. The van der Waals surface area contributed by atoms with E-state index in [1.807, 2.05) is 6.92 Å². The lowest BCUT2D eigenvalue weighted by atomic mass is 10.0. The van der Waals surface area contributed by atoms with Crippen LogP contribution in [0.3, 0.4) is 0 Å². The van der Waals surface area contributed by atoms with Crippen LogP contribution in [0.4, 0.5) is 5.69 Å². The van der Waals surface area contributed by atoms with Gasteiger partial charge < -0.3 is 5.32 Å². The minimum absolute atomic E-state index is 0.0254. The van der Waals surface area contributed by atoms with E-state index in [1.54, 1.807) is 13.8 Å². The molecule has 2 N–H and O–H groups in total. The molecule has 22 heavy (non-hydrogen) atoms. The predicted molar refractivity (Wildman–Crippen MR) is 83.4 cm³/mol. The van der Waals surface area contributed by atoms with Crippen LogP contribution in [-0.4, -0.2) is 32.0 Å². The fraction of sp³-hybridized carbons (Fsp3) is 0.571. The Balaban J connectivity index is 2.36. The van der Waals surface area contributed by atoms with E-state index in [9.17, 15) is 18.5 Å². The normalized spacial score (nSPS) is 22.5. The van der Waals surface area contributed by atoms with E-state index in [2.05, 4.69) is 10.0 Å². The largest absolute Gasteiger partial charge is 0.313 e. The summed E-state index contributed by atoms with van der Waals surface area (Å²) < 4.78 is 27.9. The number of aryl methyl sites for hydroxylation is 2. The van der Waals surface area contributed by atoms with Crippen molar-refractivity contribution in [2.75, 3.05) is 6.54 Å². The smallest absolute Gasteiger partial charge is 0.273 e. The molecule has 0 bridgehead atoms. The maximum Gasteiger partial charge on any atom is 0.273 e. The molecule has 1 heterocycles. The summed E-state index contributed by atoms with van der Waals surface area (Å²) in [6, 6.07) is 2.51. The Morgan fingerprint density at radius 2 is 2.00 bits per heavy atom. The number of benzene rings is 1. The van der Waals surface area contributed by atoms with Crippen molar-refractivity contribution in [3.05, 3.63) is 33.4 Å². The molecule has 2 rings (SSSR count). The summed E-state index contributed by atoms with van der Waals surface area (Å²) in [6.07, 6.45) is 1.64. The lowest BCUT2D eigenvalue weighted by Gasteiger charge is -2.30. The summed E-state index contributed by atoms with van der Waals surface area (Å²) in [5, 5.41) is 14.3. The van der Waals surface area contributed by atoms with Gasteiger partial charge in [-0.15, -0.1) is 0 Å². The van der Waals surface area contributed by atoms with E-state index in [0.717, 1.165) is 25.5 Å². The molecule has 1 aliphatic rings. The summed E-state index contributed by atoms with van der Waals surface area (Å²) in [6.45, 7) is 6.04. The fourth-order valence-electron chi connectivity index (χ4n) is 2.78. The highest BCUT2D eigenvalue weighted by molar-refractivity contribution is 7.89. The molecule has 122 valence electrons. The van der Waals surface area contributed by atoms with Crippen LogP contribution in [0, 0.1) is 24.0 Å². The lowest BCUT2D eigenvalue weighted by Crippen LogP contribution is -2.51. The Morgan fingerprint density at radius 3 is 2.59 bits per heavy atom. The first-order valence-electron chi connectivity index (χ1n) is 7.23. The molecule has 0 radical (unpaired) electrons. The molecule has 1 aliphatic heterocycles. The van der Waals surface area contributed by atoms with Crippen molar-refractivity contribution in [3.8, 4) is 0 Å². The predicted octanol–water partition coefficient (Wildman–Crippen LogP) is 1.63. The lowest BCUT2D eigenvalue weighted by molar-refractivity contribution is -0.385. The molecule has 0 saturated carbocycles. The minimum atomic E-state index is -3.79. The van der Waals surface area contributed by atoms with Gasteiger partial charge in [0.15, 0.2) is 0 Å². The van der Waals surface area contributed by atoms with Crippen molar-refractivity contribution in [1.82, 2.24) is 10.0 Å². The monoisotopic (exact) mass is 327 g/mol. The number of nitrogens with one attached hydrogen (secondary N) is 2. The Morgan fingerprint density at radius 1 is 1.32 bits per heavy atom. The SMILES string of the molecule is Cc1cc(C)c(S(=O)(=O)NC2CCCNC2C)cc1[N+](=O)[O-]. The molecule has 7 nitrogen and oxygen atoms in total. The van der Waals surface area contributed by atoms with Crippen LogP contribution in [0.2, 0.25) is 0 Å². The molecule has 2 unspecified atom stereocenters. The van der Waals surface area contributed by atoms with Gasteiger partial charge in [-0.1, -0.05) is 0 Å². The minimum Gasteiger partial charge on any atom is -0.313 e. The van der Waals surface area contributed by atoms with Gasteiger partial charge >= 0.3 is 0 Å². The van der Waals surface area contributed by atoms with Gasteiger partial charge in [0.1, 0.15) is 0 Å². The van der Waals surface area contributed by atoms with E-state index < -0.39 is 14.9 Å². The van der Waals surface area contributed by atoms with E-state index in [1.165, 1.54) is 6.07 Å². The van der Waals surface area contributed by atoms with E-state index in [4.69, 9.17) is 0 Å². The molecule has 0 amide bonds. The molecule has 1 fully saturated rings. The second-order valence-corrected chi connectivity index (χ2v) is 7.46. The van der Waals surface area contributed by atoms with Crippen LogP contribution in [0.25, 0.3) is 0 Å². The molecule has 8 heteroatoms. The van der Waals surface area contributed by atoms with Crippen molar-refractivity contribution >= 4 is 15.7 Å². The van der Waals surface area contributed by atoms with E-state index in [0.29, 0.717) is 11.1 Å². The highest BCUT2D eigenvalue weighted by Crippen LogP contribution is 2.26. The molecule has 0 spiro atoms. The van der Waals surface area contributed by atoms with Gasteiger partial charge in [-0.2, -0.15) is 0 Å². The number of piperidine rings is 1. The van der Waals surface area contributed by atoms with Gasteiger partial charge in [0.2, 0.25) is 10.0 Å². The third-order valence-corrected chi connectivity index (χ3v) is 5.68.